The molecule has 1 aromatic carbocycles. The number of nitrogens with zero attached hydrogens (tertiary/aromatic N) is 3. The first kappa shape index (κ1) is 19.3. The molecular weight excluding hydrogens is 350 g/mol. The third-order valence-corrected chi connectivity index (χ3v) is 7.11. The normalized spacial score (nSPS) is 25.8. The van der Waals surface area contributed by atoms with E-state index >= 15 is 0 Å². The maximum absolute atomic E-state index is 12.3. The van der Waals surface area contributed by atoms with Gasteiger partial charge in [0.1, 0.15) is 0 Å². The average molecular weight is 380 g/mol. The second kappa shape index (κ2) is 7.29. The van der Waals surface area contributed by atoms with E-state index in [9.17, 15) is 13.2 Å². The Balaban J connectivity index is 1.79. The summed E-state index contributed by atoms with van der Waals surface area (Å²) in [6.07, 6.45) is 0. The molecule has 0 unspecified atom stereocenters. The molecule has 3 rings (SSSR count). The highest BCUT2D eigenvalue weighted by atomic mass is 32.2. The standard InChI is InChI=1S/C19H29N3O3S/c1-14-7-15(2)9-16(8-14)10-21-5-6-22(11-19(23)20(3)4)18-13-26(24,25)12-17(18)21/h7-9,17-18H,5-6,10-13H2,1-4H3/t17-,18+/m1/s1. The SMILES string of the molecule is Cc1cc(C)cc(CN2CCN(CC(=O)N(C)C)[C@H]3CS(=O)(=O)C[C@H]32)c1. The van der Waals surface area contributed by atoms with Gasteiger partial charge in [0.05, 0.1) is 18.1 Å². The van der Waals surface area contributed by atoms with E-state index in [0.717, 1.165) is 19.6 Å². The minimum Gasteiger partial charge on any atom is -0.348 e. The molecular formula is C19H29N3O3S. The first-order valence-corrected chi connectivity index (χ1v) is 10.9. The quantitative estimate of drug-likeness (QED) is 0.770. The van der Waals surface area contributed by atoms with Crippen molar-refractivity contribution in [3.05, 3.63) is 34.9 Å². The van der Waals surface area contributed by atoms with Gasteiger partial charge in [0.25, 0.3) is 0 Å². The lowest BCUT2D eigenvalue weighted by atomic mass is 10.0. The van der Waals surface area contributed by atoms with Crippen LogP contribution in [0.4, 0.5) is 0 Å². The Kier molecular flexibility index (Phi) is 5.42. The molecule has 2 heterocycles. The molecule has 1 amide bonds. The minimum absolute atomic E-state index is 0.0239. The maximum Gasteiger partial charge on any atom is 0.236 e. The van der Waals surface area contributed by atoms with Crippen molar-refractivity contribution < 1.29 is 13.2 Å². The number of fused-ring (bicyclic) bond motifs is 1. The predicted molar refractivity (Wildman–Crippen MR) is 103 cm³/mol. The van der Waals surface area contributed by atoms with Gasteiger partial charge in [0, 0.05) is 45.8 Å². The number of hydrogen-bond acceptors (Lipinski definition) is 5. The summed E-state index contributed by atoms with van der Waals surface area (Å²) in [4.78, 5) is 18.1. The molecule has 0 spiro atoms. The van der Waals surface area contributed by atoms with Gasteiger partial charge < -0.3 is 4.90 Å². The van der Waals surface area contributed by atoms with Crippen LogP contribution in [-0.2, 0) is 21.2 Å². The summed E-state index contributed by atoms with van der Waals surface area (Å²) < 4.78 is 24.6. The Morgan fingerprint density at radius 3 is 2.15 bits per heavy atom. The summed E-state index contributed by atoms with van der Waals surface area (Å²) >= 11 is 0. The molecule has 2 fully saturated rings. The highest BCUT2D eigenvalue weighted by molar-refractivity contribution is 7.91. The third-order valence-electron chi connectivity index (χ3n) is 5.41. The van der Waals surface area contributed by atoms with E-state index in [2.05, 4.69) is 41.8 Å². The van der Waals surface area contributed by atoms with Crippen molar-refractivity contribution in [2.24, 2.45) is 0 Å². The second-order valence-corrected chi connectivity index (χ2v) is 10.1. The molecule has 2 atom stereocenters. The molecule has 0 aliphatic carbocycles. The molecule has 2 aliphatic heterocycles. The Labute approximate surface area is 156 Å². The van der Waals surface area contributed by atoms with Crippen molar-refractivity contribution in [3.63, 3.8) is 0 Å². The van der Waals surface area contributed by atoms with E-state index in [1.807, 2.05) is 0 Å². The summed E-state index contributed by atoms with van der Waals surface area (Å²) in [5, 5.41) is 0. The summed E-state index contributed by atoms with van der Waals surface area (Å²) in [5.41, 5.74) is 3.68. The zero-order valence-electron chi connectivity index (χ0n) is 16.1. The zero-order chi connectivity index (χ0) is 19.1. The summed E-state index contributed by atoms with van der Waals surface area (Å²) in [5.74, 6) is 0.368. The topological polar surface area (TPSA) is 60.9 Å². The minimum atomic E-state index is -3.07. The van der Waals surface area contributed by atoms with E-state index in [4.69, 9.17) is 0 Å². The van der Waals surface area contributed by atoms with E-state index < -0.39 is 9.84 Å². The van der Waals surface area contributed by atoms with E-state index in [-0.39, 0.29) is 29.5 Å². The van der Waals surface area contributed by atoms with Gasteiger partial charge in [-0.15, -0.1) is 0 Å². The summed E-state index contributed by atoms with van der Waals surface area (Å²) in [7, 11) is 0.408. The molecule has 0 aromatic heterocycles. The van der Waals surface area contributed by atoms with Gasteiger partial charge in [-0.25, -0.2) is 8.42 Å². The van der Waals surface area contributed by atoms with Crippen molar-refractivity contribution in [1.29, 1.82) is 0 Å². The van der Waals surface area contributed by atoms with Crippen LogP contribution >= 0.6 is 0 Å². The van der Waals surface area contributed by atoms with Crippen LogP contribution in [0.1, 0.15) is 16.7 Å². The van der Waals surface area contributed by atoms with Crippen molar-refractivity contribution in [2.75, 3.05) is 45.2 Å². The molecule has 1 aromatic rings. The fourth-order valence-electron chi connectivity index (χ4n) is 4.20. The molecule has 2 aliphatic rings. The Morgan fingerprint density at radius 2 is 1.58 bits per heavy atom. The lowest BCUT2D eigenvalue weighted by Crippen LogP contribution is -2.60. The van der Waals surface area contributed by atoms with Gasteiger partial charge in [-0.1, -0.05) is 29.3 Å². The number of piperazine rings is 1. The molecule has 6 nitrogen and oxygen atoms in total. The molecule has 144 valence electrons. The smallest absolute Gasteiger partial charge is 0.236 e. The van der Waals surface area contributed by atoms with Crippen molar-refractivity contribution in [1.82, 2.24) is 14.7 Å². The Bertz CT molecular complexity index is 771. The van der Waals surface area contributed by atoms with Gasteiger partial charge in [0.2, 0.25) is 5.91 Å². The lowest BCUT2D eigenvalue weighted by molar-refractivity contribution is -0.131. The van der Waals surface area contributed by atoms with Crippen LogP contribution < -0.4 is 0 Å². The van der Waals surface area contributed by atoms with Gasteiger partial charge in [-0.05, 0) is 19.4 Å². The van der Waals surface area contributed by atoms with Gasteiger partial charge in [-0.2, -0.15) is 0 Å². The van der Waals surface area contributed by atoms with Gasteiger partial charge in [0.15, 0.2) is 9.84 Å². The van der Waals surface area contributed by atoms with Gasteiger partial charge >= 0.3 is 0 Å². The molecule has 0 saturated carbocycles. The van der Waals surface area contributed by atoms with Crippen LogP contribution in [0.3, 0.4) is 0 Å². The van der Waals surface area contributed by atoms with Crippen molar-refractivity contribution >= 4 is 15.7 Å². The van der Waals surface area contributed by atoms with Crippen LogP contribution in [0.2, 0.25) is 0 Å². The van der Waals surface area contributed by atoms with Crippen molar-refractivity contribution in [3.8, 4) is 0 Å². The molecule has 0 radical (unpaired) electrons. The highest BCUT2D eigenvalue weighted by Gasteiger charge is 2.46. The largest absolute Gasteiger partial charge is 0.348 e. The van der Waals surface area contributed by atoms with Gasteiger partial charge in [-0.3, -0.25) is 14.6 Å². The summed E-state index contributed by atoms with van der Waals surface area (Å²) in [6.45, 7) is 6.73. The monoisotopic (exact) mass is 379 g/mol. The fraction of sp³-hybridized carbons (Fsp3) is 0.632. The van der Waals surface area contributed by atoms with Crippen molar-refractivity contribution in [2.45, 2.75) is 32.5 Å². The maximum atomic E-state index is 12.3. The number of likely N-dealkylation sites (N-methyl/N-ethyl adjacent to an activating group) is 1. The van der Waals surface area contributed by atoms with E-state index in [0.29, 0.717) is 6.54 Å². The fourth-order valence-corrected chi connectivity index (χ4v) is 6.24. The molecule has 2 saturated heterocycles. The average Bonchev–Trinajstić information content (AvgIpc) is 2.84. The van der Waals surface area contributed by atoms with Crippen LogP contribution in [0.25, 0.3) is 0 Å². The Hall–Kier alpha value is -1.44. The number of carbonyl (C=O) groups excluding carboxylic acids is 1. The molecule has 7 heteroatoms. The van der Waals surface area contributed by atoms with E-state index in [1.165, 1.54) is 16.7 Å². The lowest BCUT2D eigenvalue weighted by Gasteiger charge is -2.44. The number of aryl methyl sites for hydroxylation is 2. The molecule has 26 heavy (non-hydrogen) atoms. The second-order valence-electron chi connectivity index (χ2n) is 7.94. The highest BCUT2D eigenvalue weighted by Crippen LogP contribution is 2.28. The Morgan fingerprint density at radius 1 is 1.04 bits per heavy atom. The third kappa shape index (κ3) is 4.27. The molecule has 0 N–H and O–H groups in total. The number of amides is 1. The predicted octanol–water partition coefficient (Wildman–Crippen LogP) is 0.675. The van der Waals surface area contributed by atoms with Crippen LogP contribution in [0, 0.1) is 13.8 Å². The number of hydrogen-bond donors (Lipinski definition) is 0. The first-order valence-electron chi connectivity index (χ1n) is 9.10. The summed E-state index contributed by atoms with van der Waals surface area (Å²) in [6, 6.07) is 6.37. The molecule has 0 bridgehead atoms. The van der Waals surface area contributed by atoms with Crippen LogP contribution in [-0.4, -0.2) is 86.3 Å². The zero-order valence-corrected chi connectivity index (χ0v) is 16.9. The first-order chi connectivity index (χ1) is 12.1. The number of rotatable bonds is 4. The van der Waals surface area contributed by atoms with Crippen LogP contribution in [0.5, 0.6) is 0 Å². The number of carbonyl (C=O) groups is 1. The van der Waals surface area contributed by atoms with Crippen LogP contribution in [0.15, 0.2) is 18.2 Å². The van der Waals surface area contributed by atoms with E-state index in [1.54, 1.807) is 19.0 Å². The number of sulfone groups is 1. The number of benzene rings is 1.